The molecular weight excluding hydrogens is 328 g/mol. The van der Waals surface area contributed by atoms with Crippen molar-refractivity contribution in [3.8, 4) is 0 Å². The van der Waals surface area contributed by atoms with Crippen LogP contribution in [0, 0.1) is 0 Å². The van der Waals surface area contributed by atoms with E-state index in [1.54, 1.807) is 36.7 Å². The number of nitrogens with one attached hydrogen (secondary N) is 2. The average Bonchev–Trinajstić information content (AvgIpc) is 2.56. The molecule has 2 heterocycles. The highest BCUT2D eigenvalue weighted by Crippen LogP contribution is 2.20. The van der Waals surface area contributed by atoms with E-state index in [0.717, 1.165) is 13.1 Å². The van der Waals surface area contributed by atoms with Crippen LogP contribution in [-0.4, -0.2) is 60.8 Å². The van der Waals surface area contributed by atoms with Gasteiger partial charge in [0.05, 0.1) is 5.69 Å². The summed E-state index contributed by atoms with van der Waals surface area (Å²) in [6.45, 7) is 2.44. The third-order valence-electron chi connectivity index (χ3n) is 3.73. The Morgan fingerprint density at radius 3 is 2.38 bits per heavy atom. The first-order valence-electron chi connectivity index (χ1n) is 7.63. The van der Waals surface area contributed by atoms with E-state index >= 15 is 0 Å². The van der Waals surface area contributed by atoms with Crippen LogP contribution in [0.4, 0.5) is 17.3 Å². The Balaban J connectivity index is 1.70. The van der Waals surface area contributed by atoms with Crippen molar-refractivity contribution in [2.45, 2.75) is 0 Å². The van der Waals surface area contributed by atoms with E-state index in [1.807, 2.05) is 13.1 Å². The second kappa shape index (κ2) is 7.12. The van der Waals surface area contributed by atoms with Gasteiger partial charge in [0.15, 0.2) is 0 Å². The Hall–Kier alpha value is -2.23. The van der Waals surface area contributed by atoms with E-state index in [0.29, 0.717) is 30.4 Å². The summed E-state index contributed by atoms with van der Waals surface area (Å²) in [5, 5.41) is 3.04. The summed E-state index contributed by atoms with van der Waals surface area (Å²) in [6.07, 6.45) is 3.27. The predicted octanol–water partition coefficient (Wildman–Crippen LogP) is 1.12. The first kappa shape index (κ1) is 16.6. The quantitative estimate of drug-likeness (QED) is 0.842. The maximum atomic E-state index is 12.5. The summed E-state index contributed by atoms with van der Waals surface area (Å²) >= 11 is 0. The Kier molecular flexibility index (Phi) is 4.93. The summed E-state index contributed by atoms with van der Waals surface area (Å²) < 4.78 is 29.1. The van der Waals surface area contributed by atoms with Crippen LogP contribution in [0.1, 0.15) is 0 Å². The number of piperazine rings is 1. The molecule has 1 aliphatic heterocycles. The minimum Gasteiger partial charge on any atom is -0.324 e. The molecule has 0 radical (unpaired) electrons. The molecule has 2 N–H and O–H groups in total. The second-order valence-corrected chi connectivity index (χ2v) is 7.26. The van der Waals surface area contributed by atoms with Crippen LogP contribution < -0.4 is 10.0 Å². The van der Waals surface area contributed by atoms with Gasteiger partial charge < -0.3 is 10.2 Å². The molecule has 0 saturated carbocycles. The molecule has 1 fully saturated rings. The molecule has 1 saturated heterocycles. The Bertz CT molecular complexity index is 776. The molecule has 3 rings (SSSR count). The van der Waals surface area contributed by atoms with Crippen molar-refractivity contribution in [2.75, 3.05) is 43.3 Å². The van der Waals surface area contributed by atoms with Gasteiger partial charge in [0.25, 0.3) is 0 Å². The van der Waals surface area contributed by atoms with E-state index in [2.05, 4.69) is 24.9 Å². The summed E-state index contributed by atoms with van der Waals surface area (Å²) in [5.74, 6) is 0.455. The molecule has 9 heteroatoms. The molecule has 0 spiro atoms. The first-order chi connectivity index (χ1) is 11.5. The maximum Gasteiger partial charge on any atom is 0.301 e. The molecule has 0 amide bonds. The molecule has 0 aliphatic carbocycles. The van der Waals surface area contributed by atoms with Gasteiger partial charge in [-0.1, -0.05) is 6.07 Å². The monoisotopic (exact) mass is 348 g/mol. The maximum absolute atomic E-state index is 12.5. The van der Waals surface area contributed by atoms with Crippen molar-refractivity contribution in [1.29, 1.82) is 0 Å². The molecule has 1 aromatic carbocycles. The van der Waals surface area contributed by atoms with Crippen molar-refractivity contribution in [1.82, 2.24) is 19.2 Å². The molecule has 2 aromatic rings. The van der Waals surface area contributed by atoms with Gasteiger partial charge >= 0.3 is 10.2 Å². The highest BCUT2D eigenvalue weighted by Gasteiger charge is 2.25. The molecule has 0 unspecified atom stereocenters. The van der Waals surface area contributed by atoms with Gasteiger partial charge in [-0.25, -0.2) is 9.97 Å². The van der Waals surface area contributed by atoms with Crippen LogP contribution in [-0.2, 0) is 10.2 Å². The molecule has 0 bridgehead atoms. The standard InChI is InChI=1S/C15H20N6O2S/c1-20-8-10-21(11-9-20)24(22,23)19-14-5-2-4-13(12-14)18-15-16-6-3-7-17-15/h2-7,12,19H,8-11H2,1H3,(H,16,17,18). The number of anilines is 3. The van der Waals surface area contributed by atoms with Crippen LogP contribution in [0.2, 0.25) is 0 Å². The molecule has 8 nitrogen and oxygen atoms in total. The lowest BCUT2D eigenvalue weighted by Gasteiger charge is -2.31. The zero-order chi connectivity index (χ0) is 17.0. The Labute approximate surface area is 141 Å². The second-order valence-electron chi connectivity index (χ2n) is 5.59. The SMILES string of the molecule is CN1CCN(S(=O)(=O)Nc2cccc(Nc3ncccn3)c2)CC1. The lowest BCUT2D eigenvalue weighted by Crippen LogP contribution is -2.48. The fourth-order valence-electron chi connectivity index (χ4n) is 2.40. The number of nitrogens with zero attached hydrogens (tertiary/aromatic N) is 4. The summed E-state index contributed by atoms with van der Waals surface area (Å²) in [5.41, 5.74) is 1.20. The highest BCUT2D eigenvalue weighted by atomic mass is 32.2. The topological polar surface area (TPSA) is 90.5 Å². The van der Waals surface area contributed by atoms with Crippen molar-refractivity contribution < 1.29 is 8.42 Å². The van der Waals surface area contributed by atoms with Gasteiger partial charge in [-0.3, -0.25) is 4.72 Å². The van der Waals surface area contributed by atoms with Crippen LogP contribution in [0.5, 0.6) is 0 Å². The molecular formula is C15H20N6O2S. The van der Waals surface area contributed by atoms with Crippen molar-refractivity contribution >= 4 is 27.5 Å². The minimum atomic E-state index is -3.55. The zero-order valence-corrected chi connectivity index (χ0v) is 14.2. The third-order valence-corrected chi connectivity index (χ3v) is 5.27. The average molecular weight is 348 g/mol. The fraction of sp³-hybridized carbons (Fsp3) is 0.333. The molecule has 0 atom stereocenters. The lowest BCUT2D eigenvalue weighted by molar-refractivity contribution is 0.223. The van der Waals surface area contributed by atoms with Gasteiger partial charge in [-0.15, -0.1) is 0 Å². The third kappa shape index (κ3) is 4.19. The van der Waals surface area contributed by atoms with Crippen LogP contribution in [0.3, 0.4) is 0 Å². The number of aromatic nitrogens is 2. The normalized spacial score (nSPS) is 16.7. The van der Waals surface area contributed by atoms with E-state index in [9.17, 15) is 8.42 Å². The number of hydrogen-bond donors (Lipinski definition) is 2. The van der Waals surface area contributed by atoms with Crippen LogP contribution in [0.15, 0.2) is 42.7 Å². The van der Waals surface area contributed by atoms with E-state index < -0.39 is 10.2 Å². The van der Waals surface area contributed by atoms with E-state index in [-0.39, 0.29) is 0 Å². The van der Waals surface area contributed by atoms with Gasteiger partial charge in [-0.05, 0) is 31.3 Å². The lowest BCUT2D eigenvalue weighted by atomic mass is 10.3. The number of benzene rings is 1. The molecule has 24 heavy (non-hydrogen) atoms. The minimum absolute atomic E-state index is 0.455. The van der Waals surface area contributed by atoms with Crippen molar-refractivity contribution in [3.05, 3.63) is 42.7 Å². The van der Waals surface area contributed by atoms with Gasteiger partial charge in [0.2, 0.25) is 5.95 Å². The summed E-state index contributed by atoms with van der Waals surface area (Å²) in [4.78, 5) is 10.3. The molecule has 1 aliphatic rings. The van der Waals surface area contributed by atoms with E-state index in [1.165, 1.54) is 4.31 Å². The first-order valence-corrected chi connectivity index (χ1v) is 9.07. The van der Waals surface area contributed by atoms with E-state index in [4.69, 9.17) is 0 Å². The van der Waals surface area contributed by atoms with Crippen molar-refractivity contribution in [2.24, 2.45) is 0 Å². The smallest absolute Gasteiger partial charge is 0.301 e. The van der Waals surface area contributed by atoms with Crippen LogP contribution in [0.25, 0.3) is 0 Å². The fourth-order valence-corrected chi connectivity index (χ4v) is 3.59. The summed E-state index contributed by atoms with van der Waals surface area (Å²) in [7, 11) is -1.57. The number of likely N-dealkylation sites (N-methyl/N-ethyl adjacent to an activating group) is 1. The number of hydrogen-bond acceptors (Lipinski definition) is 6. The van der Waals surface area contributed by atoms with Gasteiger partial charge in [0, 0.05) is 44.3 Å². The molecule has 128 valence electrons. The highest BCUT2D eigenvalue weighted by molar-refractivity contribution is 7.90. The largest absolute Gasteiger partial charge is 0.324 e. The van der Waals surface area contributed by atoms with Gasteiger partial charge in [-0.2, -0.15) is 12.7 Å². The zero-order valence-electron chi connectivity index (χ0n) is 13.4. The predicted molar refractivity (Wildman–Crippen MR) is 93.4 cm³/mol. The Morgan fingerprint density at radius 1 is 1.00 bits per heavy atom. The Morgan fingerprint density at radius 2 is 1.67 bits per heavy atom. The van der Waals surface area contributed by atoms with Crippen molar-refractivity contribution in [3.63, 3.8) is 0 Å². The van der Waals surface area contributed by atoms with Crippen LogP contribution >= 0.6 is 0 Å². The van der Waals surface area contributed by atoms with Gasteiger partial charge in [0.1, 0.15) is 0 Å². The summed E-state index contributed by atoms with van der Waals surface area (Å²) in [6, 6.07) is 8.75. The number of rotatable bonds is 5. The molecule has 1 aromatic heterocycles.